The fourth-order valence-electron chi connectivity index (χ4n) is 4.32. The Morgan fingerprint density at radius 2 is 1.76 bits per heavy atom. The van der Waals surface area contributed by atoms with Crippen LogP contribution in [0.1, 0.15) is 19.4 Å². The highest BCUT2D eigenvalue weighted by Crippen LogP contribution is 2.35. The number of amides is 1. The molecular formula is C26H22FN3O2S. The Labute approximate surface area is 194 Å². The number of hydrogen-bond donors (Lipinski definition) is 0. The van der Waals surface area contributed by atoms with Gasteiger partial charge in [0.25, 0.3) is 5.56 Å². The SMILES string of the molecule is CC(Sc1nc2ccccc2c(=O)n1-c1ccc(F)cc1)C(=O)N1c2ccccc2CC1C. The van der Waals surface area contributed by atoms with E-state index in [4.69, 9.17) is 4.98 Å². The predicted octanol–water partition coefficient (Wildman–Crippen LogP) is 4.98. The van der Waals surface area contributed by atoms with Crippen molar-refractivity contribution in [1.82, 2.24) is 9.55 Å². The van der Waals surface area contributed by atoms with Crippen molar-refractivity contribution in [3.8, 4) is 5.69 Å². The Morgan fingerprint density at radius 1 is 1.06 bits per heavy atom. The zero-order chi connectivity index (χ0) is 23.1. The molecule has 0 spiro atoms. The van der Waals surface area contributed by atoms with Gasteiger partial charge in [-0.1, -0.05) is 42.1 Å². The summed E-state index contributed by atoms with van der Waals surface area (Å²) in [6.07, 6.45) is 0.813. The number of anilines is 1. The quantitative estimate of drug-likeness (QED) is 0.319. The van der Waals surface area contributed by atoms with Crippen LogP contribution in [0.5, 0.6) is 0 Å². The molecule has 1 aromatic heterocycles. The van der Waals surface area contributed by atoms with E-state index in [0.717, 1.165) is 17.7 Å². The molecule has 0 saturated heterocycles. The van der Waals surface area contributed by atoms with Gasteiger partial charge in [0.1, 0.15) is 5.82 Å². The van der Waals surface area contributed by atoms with Crippen LogP contribution in [0, 0.1) is 5.82 Å². The van der Waals surface area contributed by atoms with Crippen LogP contribution in [0.15, 0.2) is 82.7 Å². The molecule has 3 aromatic carbocycles. The molecule has 1 aliphatic heterocycles. The molecule has 5 nitrogen and oxygen atoms in total. The average molecular weight is 460 g/mol. The van der Waals surface area contributed by atoms with Gasteiger partial charge < -0.3 is 4.90 Å². The second-order valence-electron chi connectivity index (χ2n) is 8.18. The largest absolute Gasteiger partial charge is 0.308 e. The van der Waals surface area contributed by atoms with E-state index >= 15 is 0 Å². The molecule has 4 aromatic rings. The molecule has 2 heterocycles. The van der Waals surface area contributed by atoms with Gasteiger partial charge in [0.05, 0.1) is 21.8 Å². The standard InChI is InChI=1S/C26H22FN3O2S/c1-16-15-18-7-3-6-10-23(18)29(16)24(31)17(2)33-26-28-22-9-5-4-8-21(22)25(32)30(26)20-13-11-19(27)12-14-20/h3-14,16-17H,15H2,1-2H3. The van der Waals surface area contributed by atoms with Gasteiger partial charge in [-0.25, -0.2) is 9.37 Å². The van der Waals surface area contributed by atoms with Crippen molar-refractivity contribution in [3.63, 3.8) is 0 Å². The van der Waals surface area contributed by atoms with Crippen LogP contribution >= 0.6 is 11.8 Å². The lowest BCUT2D eigenvalue weighted by Gasteiger charge is -2.26. The number of rotatable bonds is 4. The molecule has 1 aliphatic rings. The number of aromatic nitrogens is 2. The summed E-state index contributed by atoms with van der Waals surface area (Å²) in [5, 5.41) is 0.372. The van der Waals surface area contributed by atoms with E-state index in [2.05, 4.69) is 0 Å². The summed E-state index contributed by atoms with van der Waals surface area (Å²) >= 11 is 1.24. The van der Waals surface area contributed by atoms with Gasteiger partial charge in [-0.2, -0.15) is 0 Å². The zero-order valence-electron chi connectivity index (χ0n) is 18.2. The first-order valence-corrected chi connectivity index (χ1v) is 11.7. The molecule has 2 unspecified atom stereocenters. The van der Waals surface area contributed by atoms with Crippen molar-refractivity contribution in [2.45, 2.75) is 36.7 Å². The van der Waals surface area contributed by atoms with E-state index in [0.29, 0.717) is 21.7 Å². The molecule has 0 N–H and O–H groups in total. The minimum atomic E-state index is -0.488. The number of para-hydroxylation sites is 2. The second-order valence-corrected chi connectivity index (χ2v) is 9.49. The number of hydrogen-bond acceptors (Lipinski definition) is 4. The second kappa shape index (κ2) is 8.48. The first-order chi connectivity index (χ1) is 15.9. The summed E-state index contributed by atoms with van der Waals surface area (Å²) in [4.78, 5) is 33.4. The number of nitrogens with zero attached hydrogens (tertiary/aromatic N) is 3. The Balaban J connectivity index is 1.56. The Bertz CT molecular complexity index is 1420. The number of thioether (sulfide) groups is 1. The van der Waals surface area contributed by atoms with Gasteiger partial charge in [-0.3, -0.25) is 14.2 Å². The number of fused-ring (bicyclic) bond motifs is 2. The molecular weight excluding hydrogens is 437 g/mol. The Hall–Kier alpha value is -3.45. The lowest BCUT2D eigenvalue weighted by Crippen LogP contribution is -2.40. The molecule has 0 bridgehead atoms. The minimum absolute atomic E-state index is 0.0366. The van der Waals surface area contributed by atoms with E-state index in [9.17, 15) is 14.0 Å². The van der Waals surface area contributed by atoms with E-state index in [-0.39, 0.29) is 23.3 Å². The third-order valence-electron chi connectivity index (χ3n) is 5.90. The van der Waals surface area contributed by atoms with Crippen LogP contribution < -0.4 is 10.5 Å². The smallest absolute Gasteiger partial charge is 0.266 e. The zero-order valence-corrected chi connectivity index (χ0v) is 19.1. The summed E-state index contributed by atoms with van der Waals surface area (Å²) in [6.45, 7) is 3.87. The van der Waals surface area contributed by atoms with Crippen molar-refractivity contribution in [1.29, 1.82) is 0 Å². The molecule has 0 radical (unpaired) electrons. The van der Waals surface area contributed by atoms with Crippen LogP contribution in [-0.2, 0) is 11.2 Å². The Kier molecular flexibility index (Phi) is 5.50. The third-order valence-corrected chi connectivity index (χ3v) is 6.94. The topological polar surface area (TPSA) is 55.2 Å². The van der Waals surface area contributed by atoms with Crippen LogP contribution in [0.4, 0.5) is 10.1 Å². The van der Waals surface area contributed by atoms with Crippen molar-refractivity contribution in [3.05, 3.63) is 94.5 Å². The van der Waals surface area contributed by atoms with Gasteiger partial charge in [0.15, 0.2) is 5.16 Å². The van der Waals surface area contributed by atoms with E-state index < -0.39 is 5.25 Å². The first kappa shape index (κ1) is 21.4. The average Bonchev–Trinajstić information content (AvgIpc) is 3.15. The molecule has 7 heteroatoms. The molecule has 0 aliphatic carbocycles. The Morgan fingerprint density at radius 3 is 2.55 bits per heavy atom. The van der Waals surface area contributed by atoms with Gasteiger partial charge in [0, 0.05) is 11.7 Å². The number of carbonyl (C=O) groups is 1. The summed E-state index contributed by atoms with van der Waals surface area (Å²) in [6, 6.07) is 20.8. The van der Waals surface area contributed by atoms with E-state index in [1.54, 1.807) is 30.3 Å². The van der Waals surface area contributed by atoms with Crippen molar-refractivity contribution < 1.29 is 9.18 Å². The van der Waals surface area contributed by atoms with Crippen LogP contribution in [0.3, 0.4) is 0 Å². The maximum absolute atomic E-state index is 13.5. The van der Waals surface area contributed by atoms with Crippen molar-refractivity contribution in [2.24, 2.45) is 0 Å². The highest BCUT2D eigenvalue weighted by Gasteiger charge is 2.34. The third kappa shape index (κ3) is 3.82. The highest BCUT2D eigenvalue weighted by molar-refractivity contribution is 8.00. The van der Waals surface area contributed by atoms with Gasteiger partial charge in [-0.05, 0) is 68.3 Å². The molecule has 33 heavy (non-hydrogen) atoms. The fourth-order valence-corrected chi connectivity index (χ4v) is 5.29. The van der Waals surface area contributed by atoms with E-state index in [1.165, 1.54) is 28.5 Å². The summed E-state index contributed by atoms with van der Waals surface area (Å²) < 4.78 is 15.0. The van der Waals surface area contributed by atoms with Crippen molar-refractivity contribution >= 4 is 34.3 Å². The van der Waals surface area contributed by atoms with Crippen LogP contribution in [0.2, 0.25) is 0 Å². The number of halogens is 1. The normalized spacial score (nSPS) is 16.1. The minimum Gasteiger partial charge on any atom is -0.308 e. The maximum Gasteiger partial charge on any atom is 0.266 e. The number of carbonyl (C=O) groups excluding carboxylic acids is 1. The lowest BCUT2D eigenvalue weighted by molar-refractivity contribution is -0.118. The molecule has 0 fully saturated rings. The molecule has 0 saturated carbocycles. The molecule has 2 atom stereocenters. The van der Waals surface area contributed by atoms with Crippen LogP contribution in [0.25, 0.3) is 16.6 Å². The van der Waals surface area contributed by atoms with Crippen molar-refractivity contribution in [2.75, 3.05) is 4.90 Å². The summed E-state index contributed by atoms with van der Waals surface area (Å²) in [7, 11) is 0. The monoisotopic (exact) mass is 459 g/mol. The first-order valence-electron chi connectivity index (χ1n) is 10.8. The van der Waals surface area contributed by atoms with Gasteiger partial charge in [-0.15, -0.1) is 0 Å². The number of benzene rings is 3. The molecule has 5 rings (SSSR count). The lowest BCUT2D eigenvalue weighted by atomic mass is 10.1. The van der Waals surface area contributed by atoms with Crippen LogP contribution in [-0.4, -0.2) is 26.8 Å². The highest BCUT2D eigenvalue weighted by atomic mass is 32.2. The van der Waals surface area contributed by atoms with E-state index in [1.807, 2.05) is 49.1 Å². The molecule has 1 amide bonds. The fraction of sp³-hybridized carbons (Fsp3) is 0.192. The summed E-state index contributed by atoms with van der Waals surface area (Å²) in [5.41, 5.74) is 2.89. The predicted molar refractivity (Wildman–Crippen MR) is 130 cm³/mol. The van der Waals surface area contributed by atoms with Gasteiger partial charge in [0.2, 0.25) is 5.91 Å². The summed E-state index contributed by atoms with van der Waals surface area (Å²) in [5.74, 6) is -0.425. The van der Waals surface area contributed by atoms with Gasteiger partial charge >= 0.3 is 0 Å². The molecule has 166 valence electrons. The maximum atomic E-state index is 13.5.